The smallest absolute Gasteiger partial charge is 0.0422 e. The van der Waals surface area contributed by atoms with Gasteiger partial charge in [-0.2, -0.15) is 0 Å². The van der Waals surface area contributed by atoms with Crippen molar-refractivity contribution in [2.24, 2.45) is 5.92 Å². The molecule has 2 rings (SSSR count). The molecule has 3 N–H and O–H groups in total. The molecule has 0 amide bonds. The van der Waals surface area contributed by atoms with Crippen molar-refractivity contribution in [1.82, 2.24) is 4.98 Å². The second-order valence-corrected chi connectivity index (χ2v) is 4.73. The average molecular weight is 229 g/mol. The summed E-state index contributed by atoms with van der Waals surface area (Å²) in [5, 5.41) is 5.62. The van der Waals surface area contributed by atoms with Gasteiger partial charge < -0.3 is 11.1 Å². The van der Waals surface area contributed by atoms with E-state index in [1.807, 2.05) is 24.4 Å². The molecule has 90 valence electrons. The Morgan fingerprint density at radius 3 is 2.82 bits per heavy atom. The Morgan fingerprint density at radius 1 is 1.24 bits per heavy atom. The third kappa shape index (κ3) is 2.67. The van der Waals surface area contributed by atoms with Crippen molar-refractivity contribution in [2.75, 3.05) is 17.6 Å². The molecule has 0 atom stereocenters. The summed E-state index contributed by atoms with van der Waals surface area (Å²) in [6, 6.07) is 5.98. The summed E-state index contributed by atoms with van der Waals surface area (Å²) in [7, 11) is 0. The summed E-state index contributed by atoms with van der Waals surface area (Å²) in [4.78, 5) is 4.12. The molecule has 3 heteroatoms. The van der Waals surface area contributed by atoms with Crippen LogP contribution in [0, 0.1) is 5.92 Å². The fourth-order valence-corrected chi connectivity index (χ4v) is 1.86. The Kier molecular flexibility index (Phi) is 3.47. The summed E-state index contributed by atoms with van der Waals surface area (Å²) in [6.45, 7) is 5.44. The lowest BCUT2D eigenvalue weighted by Gasteiger charge is -2.12. The van der Waals surface area contributed by atoms with E-state index in [-0.39, 0.29) is 0 Å². The van der Waals surface area contributed by atoms with Gasteiger partial charge in [-0.1, -0.05) is 13.8 Å². The lowest BCUT2D eigenvalue weighted by Crippen LogP contribution is -2.05. The van der Waals surface area contributed by atoms with E-state index in [0.717, 1.165) is 35.1 Å². The minimum atomic E-state index is 0.712. The fraction of sp³-hybridized carbons (Fsp3) is 0.357. The molecule has 2 aromatic rings. The number of rotatable bonds is 4. The van der Waals surface area contributed by atoms with E-state index in [9.17, 15) is 0 Å². The van der Waals surface area contributed by atoms with Crippen LogP contribution < -0.4 is 11.1 Å². The largest absolute Gasteiger partial charge is 0.398 e. The highest BCUT2D eigenvalue weighted by atomic mass is 14.9. The van der Waals surface area contributed by atoms with Crippen LogP contribution in [0.2, 0.25) is 0 Å². The number of nitrogens with zero attached hydrogens (tertiary/aromatic N) is 1. The summed E-state index contributed by atoms with van der Waals surface area (Å²) in [6.07, 6.45) is 4.78. The third-order valence-electron chi connectivity index (χ3n) is 2.89. The van der Waals surface area contributed by atoms with E-state index in [1.165, 1.54) is 0 Å². The van der Waals surface area contributed by atoms with E-state index in [4.69, 9.17) is 5.73 Å². The van der Waals surface area contributed by atoms with E-state index >= 15 is 0 Å². The third-order valence-corrected chi connectivity index (χ3v) is 2.89. The number of fused-ring (bicyclic) bond motifs is 1. The van der Waals surface area contributed by atoms with Gasteiger partial charge in [0.1, 0.15) is 0 Å². The van der Waals surface area contributed by atoms with E-state index in [0.29, 0.717) is 5.92 Å². The normalized spacial score (nSPS) is 11.0. The second kappa shape index (κ2) is 5.04. The molecule has 0 saturated heterocycles. The molecule has 0 aliphatic rings. The van der Waals surface area contributed by atoms with Crippen molar-refractivity contribution in [2.45, 2.75) is 20.3 Å². The van der Waals surface area contributed by atoms with Gasteiger partial charge in [-0.05, 0) is 30.5 Å². The standard InChI is InChI=1S/C14H19N3/c1-10(2)5-8-17-14-4-3-13(15)12-9-16-7-6-11(12)14/h3-4,6-7,9-10,17H,5,8,15H2,1-2H3. The maximum Gasteiger partial charge on any atom is 0.0422 e. The van der Waals surface area contributed by atoms with Crippen molar-refractivity contribution < 1.29 is 0 Å². The number of anilines is 2. The monoisotopic (exact) mass is 229 g/mol. The molecule has 17 heavy (non-hydrogen) atoms. The molecule has 1 aromatic heterocycles. The zero-order valence-corrected chi connectivity index (χ0v) is 10.4. The molecule has 0 unspecified atom stereocenters. The zero-order valence-electron chi connectivity index (χ0n) is 10.4. The maximum absolute atomic E-state index is 5.93. The Labute approximate surface area is 102 Å². The Morgan fingerprint density at radius 2 is 2.06 bits per heavy atom. The molecule has 0 bridgehead atoms. The topological polar surface area (TPSA) is 50.9 Å². The maximum atomic E-state index is 5.93. The number of hydrogen-bond acceptors (Lipinski definition) is 3. The summed E-state index contributed by atoms with van der Waals surface area (Å²) in [5.41, 5.74) is 7.85. The van der Waals surface area contributed by atoms with Crippen LogP contribution in [0.1, 0.15) is 20.3 Å². The summed E-state index contributed by atoms with van der Waals surface area (Å²) in [5.74, 6) is 0.712. The lowest BCUT2D eigenvalue weighted by atomic mass is 10.1. The van der Waals surface area contributed by atoms with E-state index in [2.05, 4.69) is 24.1 Å². The highest BCUT2D eigenvalue weighted by Crippen LogP contribution is 2.27. The lowest BCUT2D eigenvalue weighted by molar-refractivity contribution is 0.607. The Hall–Kier alpha value is -1.77. The van der Waals surface area contributed by atoms with E-state index in [1.54, 1.807) is 6.20 Å². The van der Waals surface area contributed by atoms with Crippen LogP contribution in [0.4, 0.5) is 11.4 Å². The SMILES string of the molecule is CC(C)CCNc1ccc(N)c2cnccc12. The minimum absolute atomic E-state index is 0.712. The molecular weight excluding hydrogens is 210 g/mol. The van der Waals surface area contributed by atoms with Crippen molar-refractivity contribution in [3.63, 3.8) is 0 Å². The molecule has 1 aromatic carbocycles. The van der Waals surface area contributed by atoms with Gasteiger partial charge in [-0.15, -0.1) is 0 Å². The average Bonchev–Trinajstić information content (AvgIpc) is 2.32. The molecule has 0 aliphatic carbocycles. The Balaban J connectivity index is 2.26. The number of hydrogen-bond donors (Lipinski definition) is 2. The first-order chi connectivity index (χ1) is 8.18. The number of aromatic nitrogens is 1. The van der Waals surface area contributed by atoms with Crippen molar-refractivity contribution >= 4 is 22.1 Å². The summed E-state index contributed by atoms with van der Waals surface area (Å²) < 4.78 is 0. The number of pyridine rings is 1. The zero-order chi connectivity index (χ0) is 12.3. The van der Waals surface area contributed by atoms with Crippen LogP contribution in [0.25, 0.3) is 10.8 Å². The molecule has 0 aliphatic heterocycles. The van der Waals surface area contributed by atoms with Gasteiger partial charge in [-0.25, -0.2) is 0 Å². The number of nitrogen functional groups attached to an aromatic ring is 1. The van der Waals surface area contributed by atoms with Crippen molar-refractivity contribution in [3.05, 3.63) is 30.6 Å². The molecule has 3 nitrogen and oxygen atoms in total. The van der Waals surface area contributed by atoms with Crippen LogP contribution in [0.5, 0.6) is 0 Å². The van der Waals surface area contributed by atoms with Crippen LogP contribution >= 0.6 is 0 Å². The van der Waals surface area contributed by atoms with Gasteiger partial charge >= 0.3 is 0 Å². The van der Waals surface area contributed by atoms with Crippen LogP contribution in [-0.2, 0) is 0 Å². The quantitative estimate of drug-likeness (QED) is 0.791. The first-order valence-electron chi connectivity index (χ1n) is 6.04. The predicted molar refractivity (Wildman–Crippen MR) is 74.1 cm³/mol. The first-order valence-corrected chi connectivity index (χ1v) is 6.04. The minimum Gasteiger partial charge on any atom is -0.398 e. The molecule has 0 spiro atoms. The van der Waals surface area contributed by atoms with Gasteiger partial charge in [0.05, 0.1) is 0 Å². The fourth-order valence-electron chi connectivity index (χ4n) is 1.86. The van der Waals surface area contributed by atoms with Gasteiger partial charge in [0.25, 0.3) is 0 Å². The van der Waals surface area contributed by atoms with Gasteiger partial charge in [-0.3, -0.25) is 4.98 Å². The Bertz CT molecular complexity index is 506. The van der Waals surface area contributed by atoms with Crippen LogP contribution in [0.15, 0.2) is 30.6 Å². The van der Waals surface area contributed by atoms with Gasteiger partial charge in [0.15, 0.2) is 0 Å². The predicted octanol–water partition coefficient (Wildman–Crippen LogP) is 3.28. The highest BCUT2D eigenvalue weighted by molar-refractivity contribution is 6.00. The van der Waals surface area contributed by atoms with Crippen LogP contribution in [-0.4, -0.2) is 11.5 Å². The van der Waals surface area contributed by atoms with Crippen molar-refractivity contribution in [3.8, 4) is 0 Å². The molecule has 0 radical (unpaired) electrons. The summed E-state index contributed by atoms with van der Waals surface area (Å²) >= 11 is 0. The second-order valence-electron chi connectivity index (χ2n) is 4.73. The molecule has 1 heterocycles. The number of nitrogens with one attached hydrogen (secondary N) is 1. The molecule has 0 saturated carbocycles. The number of benzene rings is 1. The highest BCUT2D eigenvalue weighted by Gasteiger charge is 2.03. The van der Waals surface area contributed by atoms with Crippen LogP contribution in [0.3, 0.4) is 0 Å². The van der Waals surface area contributed by atoms with E-state index < -0.39 is 0 Å². The van der Waals surface area contributed by atoms with Crippen molar-refractivity contribution in [1.29, 1.82) is 0 Å². The molecular formula is C14H19N3. The van der Waals surface area contributed by atoms with Gasteiger partial charge in [0.2, 0.25) is 0 Å². The molecule has 0 fully saturated rings. The first kappa shape index (κ1) is 11.7. The number of nitrogens with two attached hydrogens (primary N) is 1. The van der Waals surface area contributed by atoms with Gasteiger partial charge in [0, 0.05) is 41.1 Å².